The lowest BCUT2D eigenvalue weighted by Gasteiger charge is -2.18. The molecule has 0 heterocycles. The minimum absolute atomic E-state index is 0.223. The largest absolute Gasteiger partial charge is 0.342 e. The van der Waals surface area contributed by atoms with Crippen LogP contribution in [0, 0.1) is 0 Å². The molecule has 0 aliphatic rings. The standard InChI is InChI=1S/C14H30N2O/c1-4-7-8-9-10-11-12-15-13-14(17)16(5-2)6-3/h15H,4-13H2,1-3H3. The lowest BCUT2D eigenvalue weighted by molar-refractivity contribution is -0.129. The van der Waals surface area contributed by atoms with Gasteiger partial charge in [-0.2, -0.15) is 0 Å². The lowest BCUT2D eigenvalue weighted by Crippen LogP contribution is -2.38. The summed E-state index contributed by atoms with van der Waals surface area (Å²) in [5.41, 5.74) is 0. The fourth-order valence-corrected chi connectivity index (χ4v) is 1.91. The highest BCUT2D eigenvalue weighted by atomic mass is 16.2. The van der Waals surface area contributed by atoms with E-state index in [1.165, 1.54) is 38.5 Å². The molecule has 0 saturated carbocycles. The fourth-order valence-electron chi connectivity index (χ4n) is 1.91. The molecule has 0 rings (SSSR count). The molecule has 3 nitrogen and oxygen atoms in total. The van der Waals surface area contributed by atoms with Crippen molar-refractivity contribution in [3.63, 3.8) is 0 Å². The number of unbranched alkanes of at least 4 members (excludes halogenated alkanes) is 5. The summed E-state index contributed by atoms with van der Waals surface area (Å²) in [6, 6.07) is 0. The Labute approximate surface area is 107 Å². The van der Waals surface area contributed by atoms with Crippen molar-refractivity contribution in [1.29, 1.82) is 0 Å². The van der Waals surface area contributed by atoms with E-state index in [0.717, 1.165) is 19.6 Å². The Morgan fingerprint density at radius 1 is 0.941 bits per heavy atom. The van der Waals surface area contributed by atoms with E-state index < -0.39 is 0 Å². The van der Waals surface area contributed by atoms with Gasteiger partial charge in [-0.25, -0.2) is 0 Å². The van der Waals surface area contributed by atoms with Crippen molar-refractivity contribution >= 4 is 5.91 Å². The van der Waals surface area contributed by atoms with Gasteiger partial charge in [0, 0.05) is 13.1 Å². The third-order valence-electron chi connectivity index (χ3n) is 3.10. The van der Waals surface area contributed by atoms with Crippen LogP contribution < -0.4 is 5.32 Å². The van der Waals surface area contributed by atoms with Gasteiger partial charge in [0.25, 0.3) is 0 Å². The van der Waals surface area contributed by atoms with Crippen molar-refractivity contribution in [2.45, 2.75) is 59.3 Å². The second-order valence-electron chi connectivity index (χ2n) is 4.51. The van der Waals surface area contributed by atoms with Gasteiger partial charge in [-0.15, -0.1) is 0 Å². The topological polar surface area (TPSA) is 32.3 Å². The molecule has 1 N–H and O–H groups in total. The number of hydrogen-bond donors (Lipinski definition) is 1. The molecule has 0 bridgehead atoms. The minimum atomic E-state index is 0.223. The Morgan fingerprint density at radius 2 is 1.53 bits per heavy atom. The molecule has 17 heavy (non-hydrogen) atoms. The van der Waals surface area contributed by atoms with Gasteiger partial charge < -0.3 is 10.2 Å². The summed E-state index contributed by atoms with van der Waals surface area (Å²) >= 11 is 0. The normalized spacial score (nSPS) is 10.5. The second kappa shape index (κ2) is 11.9. The first-order chi connectivity index (χ1) is 8.26. The maximum atomic E-state index is 11.6. The first kappa shape index (κ1) is 16.4. The van der Waals surface area contributed by atoms with E-state index in [0.29, 0.717) is 6.54 Å². The Hall–Kier alpha value is -0.570. The van der Waals surface area contributed by atoms with E-state index in [1.54, 1.807) is 0 Å². The maximum Gasteiger partial charge on any atom is 0.236 e. The highest BCUT2D eigenvalue weighted by Gasteiger charge is 2.07. The summed E-state index contributed by atoms with van der Waals surface area (Å²) in [5, 5.41) is 3.23. The number of hydrogen-bond acceptors (Lipinski definition) is 2. The van der Waals surface area contributed by atoms with E-state index in [1.807, 2.05) is 18.7 Å². The summed E-state index contributed by atoms with van der Waals surface area (Å²) in [5.74, 6) is 0.223. The number of rotatable bonds is 11. The molecule has 0 fully saturated rings. The third kappa shape index (κ3) is 9.16. The van der Waals surface area contributed by atoms with Crippen LogP contribution in [-0.2, 0) is 4.79 Å². The van der Waals surface area contributed by atoms with Crippen molar-refractivity contribution in [2.24, 2.45) is 0 Å². The van der Waals surface area contributed by atoms with Gasteiger partial charge in [-0.05, 0) is 26.8 Å². The molecule has 0 aliphatic carbocycles. The summed E-state index contributed by atoms with van der Waals surface area (Å²) in [6.45, 7) is 9.38. The average Bonchev–Trinajstić information content (AvgIpc) is 2.34. The Bertz CT molecular complexity index is 179. The highest BCUT2D eigenvalue weighted by Crippen LogP contribution is 2.03. The van der Waals surface area contributed by atoms with Gasteiger partial charge in [0.05, 0.1) is 6.54 Å². The Morgan fingerprint density at radius 3 is 2.12 bits per heavy atom. The molecular weight excluding hydrogens is 212 g/mol. The van der Waals surface area contributed by atoms with E-state index in [9.17, 15) is 4.79 Å². The zero-order valence-corrected chi connectivity index (χ0v) is 11.9. The SMILES string of the molecule is CCCCCCCCNCC(=O)N(CC)CC. The number of nitrogens with zero attached hydrogens (tertiary/aromatic N) is 1. The van der Waals surface area contributed by atoms with Crippen LogP contribution >= 0.6 is 0 Å². The van der Waals surface area contributed by atoms with Crippen LogP contribution in [-0.4, -0.2) is 37.0 Å². The maximum absolute atomic E-state index is 11.6. The van der Waals surface area contributed by atoms with E-state index in [-0.39, 0.29) is 5.91 Å². The van der Waals surface area contributed by atoms with Crippen molar-refractivity contribution in [3.05, 3.63) is 0 Å². The molecule has 0 atom stereocenters. The van der Waals surface area contributed by atoms with Crippen LogP contribution in [0.2, 0.25) is 0 Å². The predicted molar refractivity (Wildman–Crippen MR) is 74.2 cm³/mol. The lowest BCUT2D eigenvalue weighted by atomic mass is 10.1. The average molecular weight is 242 g/mol. The summed E-state index contributed by atoms with van der Waals surface area (Å²) in [4.78, 5) is 13.5. The Balaban J connectivity index is 3.30. The number of carbonyl (C=O) groups excluding carboxylic acids is 1. The van der Waals surface area contributed by atoms with E-state index in [2.05, 4.69) is 12.2 Å². The molecule has 0 aliphatic heterocycles. The van der Waals surface area contributed by atoms with Gasteiger partial charge in [0.15, 0.2) is 0 Å². The number of likely N-dealkylation sites (N-methyl/N-ethyl adjacent to an activating group) is 1. The summed E-state index contributed by atoms with van der Waals surface area (Å²) in [6.07, 6.45) is 7.82. The number of amides is 1. The molecular formula is C14H30N2O. The zero-order valence-electron chi connectivity index (χ0n) is 11.9. The van der Waals surface area contributed by atoms with Crippen LogP contribution in [0.15, 0.2) is 0 Å². The van der Waals surface area contributed by atoms with Crippen molar-refractivity contribution < 1.29 is 4.79 Å². The molecule has 0 aromatic carbocycles. The molecule has 0 unspecified atom stereocenters. The van der Waals surface area contributed by atoms with Gasteiger partial charge in [-0.3, -0.25) is 4.79 Å². The van der Waals surface area contributed by atoms with Gasteiger partial charge in [0.1, 0.15) is 0 Å². The van der Waals surface area contributed by atoms with Crippen LogP contribution in [0.3, 0.4) is 0 Å². The highest BCUT2D eigenvalue weighted by molar-refractivity contribution is 5.78. The van der Waals surface area contributed by atoms with Crippen LogP contribution in [0.1, 0.15) is 59.3 Å². The fraction of sp³-hybridized carbons (Fsp3) is 0.929. The third-order valence-corrected chi connectivity index (χ3v) is 3.10. The monoisotopic (exact) mass is 242 g/mol. The van der Waals surface area contributed by atoms with Crippen molar-refractivity contribution in [1.82, 2.24) is 10.2 Å². The van der Waals surface area contributed by atoms with Crippen molar-refractivity contribution in [2.75, 3.05) is 26.2 Å². The predicted octanol–water partition coefficient (Wildman–Crippen LogP) is 2.80. The van der Waals surface area contributed by atoms with E-state index in [4.69, 9.17) is 0 Å². The molecule has 0 aromatic rings. The molecule has 3 heteroatoms. The molecule has 0 saturated heterocycles. The molecule has 0 radical (unpaired) electrons. The van der Waals surface area contributed by atoms with Crippen LogP contribution in [0.4, 0.5) is 0 Å². The van der Waals surface area contributed by atoms with Gasteiger partial charge in [0.2, 0.25) is 5.91 Å². The molecule has 0 aromatic heterocycles. The molecule has 1 amide bonds. The summed E-state index contributed by atoms with van der Waals surface area (Å²) in [7, 11) is 0. The first-order valence-corrected chi connectivity index (χ1v) is 7.24. The van der Waals surface area contributed by atoms with Gasteiger partial charge in [-0.1, -0.05) is 39.0 Å². The first-order valence-electron chi connectivity index (χ1n) is 7.24. The quantitative estimate of drug-likeness (QED) is 0.565. The molecule has 0 spiro atoms. The number of carbonyl (C=O) groups is 1. The van der Waals surface area contributed by atoms with E-state index >= 15 is 0 Å². The van der Waals surface area contributed by atoms with Crippen molar-refractivity contribution in [3.8, 4) is 0 Å². The second-order valence-corrected chi connectivity index (χ2v) is 4.51. The molecule has 102 valence electrons. The van der Waals surface area contributed by atoms with Gasteiger partial charge >= 0.3 is 0 Å². The van der Waals surface area contributed by atoms with Crippen LogP contribution in [0.25, 0.3) is 0 Å². The minimum Gasteiger partial charge on any atom is -0.342 e. The zero-order chi connectivity index (χ0) is 12.9. The number of nitrogens with one attached hydrogen (secondary N) is 1. The smallest absolute Gasteiger partial charge is 0.236 e. The summed E-state index contributed by atoms with van der Waals surface area (Å²) < 4.78 is 0. The Kier molecular flexibility index (Phi) is 11.5. The van der Waals surface area contributed by atoms with Crippen LogP contribution in [0.5, 0.6) is 0 Å².